The highest BCUT2D eigenvalue weighted by molar-refractivity contribution is 6.08. The number of hydrogen-bond acceptors (Lipinski definition) is 8. The maximum Gasteiger partial charge on any atom is 0.273 e. The lowest BCUT2D eigenvalue weighted by atomic mass is 10.1. The molecule has 12 heteroatoms. The van der Waals surface area contributed by atoms with Crippen molar-refractivity contribution in [3.05, 3.63) is 65.4 Å². The zero-order chi connectivity index (χ0) is 35.0. The third-order valence-electron chi connectivity index (χ3n) is 6.31. The highest BCUT2D eigenvalue weighted by atomic mass is 16.5. The van der Waals surface area contributed by atoms with E-state index in [1.54, 1.807) is 0 Å². The summed E-state index contributed by atoms with van der Waals surface area (Å²) in [5, 5.41) is 17.8. The van der Waals surface area contributed by atoms with Gasteiger partial charge in [-0.15, -0.1) is 10.2 Å². The van der Waals surface area contributed by atoms with Crippen LogP contribution >= 0.6 is 0 Å². The summed E-state index contributed by atoms with van der Waals surface area (Å²) in [7, 11) is 1.31. The van der Waals surface area contributed by atoms with E-state index in [4.69, 9.17) is 14.3 Å². The van der Waals surface area contributed by atoms with Gasteiger partial charge in [0, 0.05) is 52.8 Å². The van der Waals surface area contributed by atoms with E-state index in [1.165, 1.54) is 55.6 Å². The fraction of sp³-hybridized carbons (Fsp3) is 0.310. The van der Waals surface area contributed by atoms with Crippen molar-refractivity contribution in [2.24, 2.45) is 5.92 Å². The normalized spacial score (nSPS) is 19.5. The van der Waals surface area contributed by atoms with Crippen molar-refractivity contribution >= 4 is 46.5 Å². The summed E-state index contributed by atoms with van der Waals surface area (Å²) < 4.78 is 59.9. The first kappa shape index (κ1) is 20.0. The SMILES string of the molecule is [2H]C([2H])([2H])NC(=O)c1nnc(NC(=O)C2CC2)cc1Nc1cccc(C(=O)Nc2ccc(C(=O)N3C([2H])([2H])CCC3([2H])[2H])cc2)c1OC. The lowest BCUT2D eigenvalue weighted by Crippen LogP contribution is -2.27. The van der Waals surface area contributed by atoms with E-state index in [0.717, 1.165) is 12.8 Å². The van der Waals surface area contributed by atoms with Gasteiger partial charge in [0.15, 0.2) is 17.3 Å². The van der Waals surface area contributed by atoms with Gasteiger partial charge >= 0.3 is 0 Å². The monoisotopic (exact) mass is 564 g/mol. The number of nitrogens with one attached hydrogen (secondary N) is 4. The number of benzene rings is 2. The van der Waals surface area contributed by atoms with Gasteiger partial charge in [-0.05, 0) is 62.1 Å². The van der Waals surface area contributed by atoms with Crippen LogP contribution in [0, 0.1) is 5.92 Å². The van der Waals surface area contributed by atoms with Crippen LogP contribution in [0.25, 0.3) is 0 Å². The lowest BCUT2D eigenvalue weighted by Gasteiger charge is -2.17. The summed E-state index contributed by atoms with van der Waals surface area (Å²) in [4.78, 5) is 52.1. The van der Waals surface area contributed by atoms with Crippen molar-refractivity contribution in [1.29, 1.82) is 0 Å². The fourth-order valence-electron chi connectivity index (χ4n) is 4.09. The lowest BCUT2D eigenvalue weighted by molar-refractivity contribution is -0.117. The molecule has 2 heterocycles. The molecule has 1 aromatic heterocycles. The molecule has 2 fully saturated rings. The Morgan fingerprint density at radius 3 is 2.41 bits per heavy atom. The van der Waals surface area contributed by atoms with E-state index in [0.29, 0.717) is 4.90 Å². The summed E-state index contributed by atoms with van der Waals surface area (Å²) >= 11 is 0. The van der Waals surface area contributed by atoms with Crippen LogP contribution in [0.4, 0.5) is 22.9 Å². The van der Waals surface area contributed by atoms with Gasteiger partial charge in [-0.1, -0.05) is 6.07 Å². The van der Waals surface area contributed by atoms with Crippen LogP contribution in [0.5, 0.6) is 5.75 Å². The van der Waals surface area contributed by atoms with Gasteiger partial charge in [-0.2, -0.15) is 0 Å². The third-order valence-corrected chi connectivity index (χ3v) is 6.31. The van der Waals surface area contributed by atoms with Gasteiger partial charge in [0.1, 0.15) is 0 Å². The predicted octanol–water partition coefficient (Wildman–Crippen LogP) is 3.43. The van der Waals surface area contributed by atoms with Crippen molar-refractivity contribution in [2.45, 2.75) is 25.7 Å². The Labute approximate surface area is 246 Å². The molecule has 1 aliphatic carbocycles. The van der Waals surface area contributed by atoms with Gasteiger partial charge in [0.05, 0.1) is 24.0 Å². The van der Waals surface area contributed by atoms with Crippen molar-refractivity contribution in [3.8, 4) is 5.75 Å². The van der Waals surface area contributed by atoms with Crippen LogP contribution in [-0.4, -0.2) is 65.8 Å². The molecule has 4 N–H and O–H groups in total. The molecule has 2 aromatic carbocycles. The van der Waals surface area contributed by atoms with E-state index >= 15 is 0 Å². The second-order valence-corrected chi connectivity index (χ2v) is 9.21. The average molecular weight is 565 g/mol. The molecule has 1 aliphatic heterocycles. The number of likely N-dealkylation sites (tertiary alicyclic amines) is 1. The highest BCUT2D eigenvalue weighted by Gasteiger charge is 2.30. The standard InChI is InChI=1S/C29H31N7O5/c1-30-28(39)24-22(16-23(34-35-24)33-26(37)17-8-9-17)32-21-7-5-6-20(25(21)41-2)27(38)31-19-12-10-18(11-13-19)29(40)36-14-3-4-15-36/h5-7,10-13,16-17H,3-4,8-9,14-15H2,1-2H3,(H,30,39)(H,31,38)(H2,32,33,34,37)/i1D3,14D2,15D2. The molecule has 1 saturated heterocycles. The quantitative estimate of drug-likeness (QED) is 0.308. The number of amides is 4. The summed E-state index contributed by atoms with van der Waals surface area (Å²) in [6.07, 6.45) is 1.19. The molecule has 5 rings (SSSR count). The number of carbonyl (C=O) groups is 4. The number of anilines is 4. The van der Waals surface area contributed by atoms with E-state index < -0.39 is 43.4 Å². The second-order valence-electron chi connectivity index (χ2n) is 9.21. The molecule has 12 nitrogen and oxygen atoms in total. The Bertz CT molecular complexity index is 1750. The predicted molar refractivity (Wildman–Crippen MR) is 153 cm³/mol. The first-order valence-corrected chi connectivity index (χ1v) is 12.7. The summed E-state index contributed by atoms with van der Waals surface area (Å²) in [5.41, 5.74) is 0.0678. The smallest absolute Gasteiger partial charge is 0.273 e. The molecule has 0 atom stereocenters. The first-order chi connectivity index (χ1) is 22.5. The third kappa shape index (κ3) is 6.26. The van der Waals surface area contributed by atoms with Crippen molar-refractivity contribution < 1.29 is 33.5 Å². The molecule has 212 valence electrons. The molecule has 0 unspecified atom stereocenters. The minimum Gasteiger partial charge on any atom is -0.494 e. The first-order valence-electron chi connectivity index (χ1n) is 16.2. The number of aromatic nitrogens is 2. The highest BCUT2D eigenvalue weighted by Crippen LogP contribution is 2.34. The van der Waals surface area contributed by atoms with Crippen molar-refractivity contribution in [1.82, 2.24) is 20.4 Å². The van der Waals surface area contributed by atoms with E-state index in [-0.39, 0.29) is 64.4 Å². The molecule has 0 radical (unpaired) electrons. The summed E-state index contributed by atoms with van der Waals surface area (Å²) in [6, 6.07) is 11.3. The fourth-order valence-corrected chi connectivity index (χ4v) is 4.09. The Morgan fingerprint density at radius 1 is 0.976 bits per heavy atom. The molecular weight excluding hydrogens is 526 g/mol. The molecule has 3 aromatic rings. The molecule has 0 bridgehead atoms. The molecule has 1 saturated carbocycles. The van der Waals surface area contributed by atoms with Gasteiger partial charge in [-0.3, -0.25) is 19.2 Å². The molecule has 4 amide bonds. The van der Waals surface area contributed by atoms with E-state index in [9.17, 15) is 19.2 Å². The van der Waals surface area contributed by atoms with Gasteiger partial charge in [0.2, 0.25) is 5.91 Å². The van der Waals surface area contributed by atoms with Crippen LogP contribution < -0.4 is 26.0 Å². The molecule has 0 spiro atoms. The minimum atomic E-state index is -2.83. The number of rotatable bonds is 9. The zero-order valence-electron chi connectivity index (χ0n) is 28.9. The van der Waals surface area contributed by atoms with Crippen molar-refractivity contribution in [2.75, 3.05) is 43.0 Å². The maximum absolute atomic E-state index is 13.4. The maximum atomic E-state index is 13.4. The van der Waals surface area contributed by atoms with Crippen molar-refractivity contribution in [3.63, 3.8) is 0 Å². The number of hydrogen-bond donors (Lipinski definition) is 4. The Hall–Kier alpha value is -5.00. The van der Waals surface area contributed by atoms with Crippen LogP contribution in [0.1, 0.15) is 66.5 Å². The van der Waals surface area contributed by atoms with Gasteiger partial charge in [0.25, 0.3) is 17.7 Å². The van der Waals surface area contributed by atoms with Crippen LogP contribution in [0.15, 0.2) is 48.5 Å². The zero-order valence-corrected chi connectivity index (χ0v) is 21.9. The minimum absolute atomic E-state index is 0.00615. The van der Waals surface area contributed by atoms with Crippen LogP contribution in [0.3, 0.4) is 0 Å². The van der Waals surface area contributed by atoms with Crippen LogP contribution in [-0.2, 0) is 4.79 Å². The van der Waals surface area contributed by atoms with Gasteiger partial charge in [-0.25, -0.2) is 0 Å². The largest absolute Gasteiger partial charge is 0.494 e. The number of para-hydroxylation sites is 1. The topological polar surface area (TPSA) is 155 Å². The molecule has 41 heavy (non-hydrogen) atoms. The Kier molecular flexibility index (Phi) is 5.86. The second kappa shape index (κ2) is 12.0. The number of methoxy groups -OCH3 is 1. The van der Waals surface area contributed by atoms with E-state index in [2.05, 4.69) is 26.1 Å². The van der Waals surface area contributed by atoms with E-state index in [1.807, 2.05) is 5.32 Å². The Balaban J connectivity index is 1.38. The van der Waals surface area contributed by atoms with Crippen LogP contribution in [0.2, 0.25) is 0 Å². The number of nitrogens with zero attached hydrogens (tertiary/aromatic N) is 3. The van der Waals surface area contributed by atoms with Gasteiger partial charge < -0.3 is 30.9 Å². The summed E-state index contributed by atoms with van der Waals surface area (Å²) in [6.45, 7) is -7.13. The average Bonchev–Trinajstić information content (AvgIpc) is 3.82. The number of ether oxygens (including phenoxy) is 1. The Morgan fingerprint density at radius 2 is 1.73 bits per heavy atom. The molecular formula is C29H31N7O5. The molecule has 2 aliphatic rings. The summed E-state index contributed by atoms with van der Waals surface area (Å²) in [5.74, 6) is -2.93. The number of carbonyl (C=O) groups excluding carboxylic acids is 4.